The third-order valence-corrected chi connectivity index (χ3v) is 4.01. The second-order valence-corrected chi connectivity index (χ2v) is 5.84. The molecule has 2 heterocycles. The first-order valence-corrected chi connectivity index (χ1v) is 7.42. The van der Waals surface area contributed by atoms with Gasteiger partial charge in [0.2, 0.25) is 0 Å². The molecule has 0 saturated carbocycles. The maximum atomic E-state index is 4.62. The summed E-state index contributed by atoms with van der Waals surface area (Å²) in [5.41, 5.74) is 3.02. The average molecular weight is 276 g/mol. The summed E-state index contributed by atoms with van der Waals surface area (Å²) in [7, 11) is 0. The molecule has 0 aliphatic heterocycles. The number of aryl methyl sites for hydroxylation is 2. The molecule has 1 N–H and O–H groups in total. The molecule has 0 fully saturated rings. The fourth-order valence-electron chi connectivity index (χ4n) is 1.72. The summed E-state index contributed by atoms with van der Waals surface area (Å²) in [5.74, 6) is 1.39. The van der Waals surface area contributed by atoms with Gasteiger partial charge < -0.3 is 5.32 Å². The van der Waals surface area contributed by atoms with Crippen molar-refractivity contribution in [2.75, 3.05) is 11.9 Å². The van der Waals surface area contributed by atoms with Crippen LogP contribution < -0.4 is 5.32 Å². The van der Waals surface area contributed by atoms with Crippen molar-refractivity contribution >= 4 is 17.2 Å². The number of aromatic nitrogens is 3. The third kappa shape index (κ3) is 3.73. The molecule has 0 saturated heterocycles. The maximum Gasteiger partial charge on any atom is 0.147 e. The number of nitrogens with zero attached hydrogens (tertiary/aromatic N) is 3. The van der Waals surface area contributed by atoms with E-state index in [1.165, 1.54) is 5.01 Å². The summed E-state index contributed by atoms with van der Waals surface area (Å²) in [4.78, 5) is 13.4. The minimum absolute atomic E-state index is 0.511. The number of hydrogen-bond donors (Lipinski definition) is 1. The number of hydrogen-bond acceptors (Lipinski definition) is 5. The number of rotatable bonds is 5. The fourth-order valence-corrected chi connectivity index (χ4v) is 2.59. The molecule has 2 aromatic rings. The molecule has 0 amide bonds. The lowest BCUT2D eigenvalue weighted by Gasteiger charge is -2.07. The Hall–Kier alpha value is -1.49. The predicted molar refractivity (Wildman–Crippen MR) is 79.9 cm³/mol. The third-order valence-electron chi connectivity index (χ3n) is 2.81. The number of nitrogens with one attached hydrogen (secondary N) is 1. The van der Waals surface area contributed by atoms with Crippen LogP contribution in [-0.2, 0) is 6.42 Å². The van der Waals surface area contributed by atoms with Crippen LogP contribution in [-0.4, -0.2) is 21.5 Å². The topological polar surface area (TPSA) is 50.7 Å². The smallest absolute Gasteiger partial charge is 0.147 e. The van der Waals surface area contributed by atoms with Gasteiger partial charge in [0.1, 0.15) is 5.82 Å². The molecule has 2 aromatic heterocycles. The standard InChI is InChI=1S/C14H20N4S/c1-9(2)14-18-12(8-19-14)5-6-15-13-11(4)16-7-10(3)17-13/h7-9H,5-6H2,1-4H3,(H,15,17). The Morgan fingerprint density at radius 1 is 1.26 bits per heavy atom. The van der Waals surface area contributed by atoms with E-state index >= 15 is 0 Å². The van der Waals surface area contributed by atoms with Crippen LogP contribution in [0.4, 0.5) is 5.82 Å². The molecule has 19 heavy (non-hydrogen) atoms. The van der Waals surface area contributed by atoms with E-state index in [0.717, 1.165) is 35.9 Å². The Labute approximate surface area is 118 Å². The Balaban J connectivity index is 1.90. The van der Waals surface area contributed by atoms with Crippen LogP contribution in [0.5, 0.6) is 0 Å². The summed E-state index contributed by atoms with van der Waals surface area (Å²) >= 11 is 1.74. The normalized spacial score (nSPS) is 11.0. The monoisotopic (exact) mass is 276 g/mol. The van der Waals surface area contributed by atoms with E-state index in [9.17, 15) is 0 Å². The van der Waals surface area contributed by atoms with Gasteiger partial charge in [0, 0.05) is 30.5 Å². The van der Waals surface area contributed by atoms with Crippen LogP contribution in [0.1, 0.15) is 41.9 Å². The van der Waals surface area contributed by atoms with E-state index in [2.05, 4.69) is 39.5 Å². The zero-order valence-electron chi connectivity index (χ0n) is 11.9. The van der Waals surface area contributed by atoms with Crippen molar-refractivity contribution in [3.05, 3.63) is 33.7 Å². The molecular formula is C14H20N4S. The first-order chi connectivity index (χ1) is 9.06. The lowest BCUT2D eigenvalue weighted by atomic mass is 10.2. The second-order valence-electron chi connectivity index (χ2n) is 4.95. The van der Waals surface area contributed by atoms with Crippen molar-refractivity contribution in [2.45, 2.75) is 40.0 Å². The van der Waals surface area contributed by atoms with Gasteiger partial charge in [0.15, 0.2) is 0 Å². The molecule has 5 heteroatoms. The summed E-state index contributed by atoms with van der Waals surface area (Å²) in [6, 6.07) is 0. The Kier molecular flexibility index (Phi) is 4.47. The molecule has 0 aromatic carbocycles. The van der Waals surface area contributed by atoms with Gasteiger partial charge in [-0.15, -0.1) is 11.3 Å². The molecule has 0 unspecified atom stereocenters. The van der Waals surface area contributed by atoms with Gasteiger partial charge in [0.25, 0.3) is 0 Å². The average Bonchev–Trinajstić information content (AvgIpc) is 2.82. The highest BCUT2D eigenvalue weighted by molar-refractivity contribution is 7.09. The highest BCUT2D eigenvalue weighted by Crippen LogP contribution is 2.19. The molecule has 2 rings (SSSR count). The van der Waals surface area contributed by atoms with E-state index < -0.39 is 0 Å². The first kappa shape index (κ1) is 13.9. The summed E-state index contributed by atoms with van der Waals surface area (Å²) in [6.45, 7) is 9.10. The maximum absolute atomic E-state index is 4.62. The minimum atomic E-state index is 0.511. The SMILES string of the molecule is Cc1cnc(C)c(NCCc2csc(C(C)C)n2)n1. The van der Waals surface area contributed by atoms with Gasteiger partial charge in [0.05, 0.1) is 22.1 Å². The van der Waals surface area contributed by atoms with Gasteiger partial charge in [-0.05, 0) is 13.8 Å². The van der Waals surface area contributed by atoms with Gasteiger partial charge in [-0.3, -0.25) is 4.98 Å². The van der Waals surface area contributed by atoms with Crippen molar-refractivity contribution in [1.29, 1.82) is 0 Å². The minimum Gasteiger partial charge on any atom is -0.368 e. The van der Waals surface area contributed by atoms with Crippen molar-refractivity contribution < 1.29 is 0 Å². The van der Waals surface area contributed by atoms with E-state index in [1.54, 1.807) is 17.5 Å². The molecule has 0 spiro atoms. The summed E-state index contributed by atoms with van der Waals surface area (Å²) in [5, 5.41) is 6.69. The predicted octanol–water partition coefficient (Wildman–Crippen LogP) is 3.33. The Morgan fingerprint density at radius 3 is 2.74 bits per heavy atom. The first-order valence-electron chi connectivity index (χ1n) is 6.54. The van der Waals surface area contributed by atoms with Crippen molar-refractivity contribution in [3.63, 3.8) is 0 Å². The zero-order chi connectivity index (χ0) is 13.8. The van der Waals surface area contributed by atoms with E-state index in [0.29, 0.717) is 5.92 Å². The van der Waals surface area contributed by atoms with Crippen LogP contribution in [0.15, 0.2) is 11.6 Å². The van der Waals surface area contributed by atoms with Crippen LogP contribution >= 0.6 is 11.3 Å². The van der Waals surface area contributed by atoms with Crippen molar-refractivity contribution in [1.82, 2.24) is 15.0 Å². The number of thiazole rings is 1. The zero-order valence-corrected chi connectivity index (χ0v) is 12.7. The molecule has 0 radical (unpaired) electrons. The van der Waals surface area contributed by atoms with Gasteiger partial charge in [-0.25, -0.2) is 9.97 Å². The summed E-state index contributed by atoms with van der Waals surface area (Å²) < 4.78 is 0. The van der Waals surface area contributed by atoms with Crippen molar-refractivity contribution in [3.8, 4) is 0 Å². The second kappa shape index (κ2) is 6.10. The van der Waals surface area contributed by atoms with Crippen molar-refractivity contribution in [2.24, 2.45) is 0 Å². The molecule has 4 nitrogen and oxygen atoms in total. The van der Waals surface area contributed by atoms with Crippen LogP contribution in [0, 0.1) is 13.8 Å². The van der Waals surface area contributed by atoms with E-state index in [-0.39, 0.29) is 0 Å². The highest BCUT2D eigenvalue weighted by atomic mass is 32.1. The van der Waals surface area contributed by atoms with Gasteiger partial charge in [-0.2, -0.15) is 0 Å². The van der Waals surface area contributed by atoms with E-state index in [4.69, 9.17) is 0 Å². The highest BCUT2D eigenvalue weighted by Gasteiger charge is 2.06. The fraction of sp³-hybridized carbons (Fsp3) is 0.500. The quantitative estimate of drug-likeness (QED) is 0.910. The Morgan fingerprint density at radius 2 is 2.05 bits per heavy atom. The lowest BCUT2D eigenvalue weighted by molar-refractivity contribution is 0.834. The molecule has 0 aliphatic rings. The molecule has 0 aliphatic carbocycles. The van der Waals surface area contributed by atoms with Gasteiger partial charge >= 0.3 is 0 Å². The largest absolute Gasteiger partial charge is 0.368 e. The molecular weight excluding hydrogens is 256 g/mol. The molecule has 0 bridgehead atoms. The summed E-state index contributed by atoms with van der Waals surface area (Å²) in [6.07, 6.45) is 2.70. The Bertz CT molecular complexity index is 548. The van der Waals surface area contributed by atoms with Crippen LogP contribution in [0.3, 0.4) is 0 Å². The van der Waals surface area contributed by atoms with Gasteiger partial charge in [-0.1, -0.05) is 13.8 Å². The van der Waals surface area contributed by atoms with Crippen LogP contribution in [0.2, 0.25) is 0 Å². The molecule has 0 atom stereocenters. The van der Waals surface area contributed by atoms with E-state index in [1.807, 2.05) is 13.8 Å². The molecule has 102 valence electrons. The van der Waals surface area contributed by atoms with Crippen LogP contribution in [0.25, 0.3) is 0 Å². The number of anilines is 1. The lowest BCUT2D eigenvalue weighted by Crippen LogP contribution is -2.09.